The summed E-state index contributed by atoms with van der Waals surface area (Å²) in [6, 6.07) is 1.82. The van der Waals surface area contributed by atoms with Crippen molar-refractivity contribution in [2.75, 3.05) is 17.3 Å². The first-order valence-corrected chi connectivity index (χ1v) is 5.43. The molecule has 5 N–H and O–H groups in total. The highest BCUT2D eigenvalue weighted by molar-refractivity contribution is 5.41. The number of anilines is 2. The van der Waals surface area contributed by atoms with Crippen molar-refractivity contribution >= 4 is 11.8 Å². The minimum Gasteiger partial charge on any atom is -0.391 e. The Morgan fingerprint density at radius 1 is 1.56 bits per heavy atom. The van der Waals surface area contributed by atoms with Gasteiger partial charge in [-0.2, -0.15) is 4.98 Å². The lowest BCUT2D eigenvalue weighted by Gasteiger charge is -2.12. The molecule has 0 saturated heterocycles. The maximum Gasteiger partial charge on any atom is 0.239 e. The van der Waals surface area contributed by atoms with Crippen molar-refractivity contribution < 1.29 is 5.11 Å². The lowest BCUT2D eigenvalue weighted by molar-refractivity contribution is 0.164. The molecule has 1 atom stereocenters. The van der Waals surface area contributed by atoms with Gasteiger partial charge in [0, 0.05) is 18.3 Å². The zero-order valence-electron chi connectivity index (χ0n) is 9.27. The zero-order chi connectivity index (χ0) is 11.5. The van der Waals surface area contributed by atoms with Gasteiger partial charge in [0.15, 0.2) is 0 Å². The third-order valence-electron chi connectivity index (χ3n) is 2.64. The number of aliphatic hydroxyl groups is 1. The second kappa shape index (κ2) is 4.63. The Bertz CT molecular complexity index is 366. The highest BCUT2D eigenvalue weighted by Gasteiger charge is 2.29. The third kappa shape index (κ3) is 2.80. The van der Waals surface area contributed by atoms with E-state index in [0.29, 0.717) is 24.2 Å². The van der Waals surface area contributed by atoms with Crippen LogP contribution in [0.3, 0.4) is 0 Å². The molecule has 0 radical (unpaired) electrons. The highest BCUT2D eigenvalue weighted by Crippen LogP contribution is 2.32. The van der Waals surface area contributed by atoms with E-state index < -0.39 is 0 Å². The molecule has 1 heterocycles. The second-order valence-electron chi connectivity index (χ2n) is 4.15. The van der Waals surface area contributed by atoms with Gasteiger partial charge in [-0.1, -0.05) is 0 Å². The average Bonchev–Trinajstić information content (AvgIpc) is 3.08. The van der Waals surface area contributed by atoms with Gasteiger partial charge >= 0.3 is 0 Å². The fourth-order valence-corrected chi connectivity index (χ4v) is 1.58. The van der Waals surface area contributed by atoms with E-state index >= 15 is 0 Å². The minimum atomic E-state index is -0.287. The van der Waals surface area contributed by atoms with Crippen LogP contribution in [0.1, 0.15) is 18.5 Å². The molecule has 88 valence electrons. The van der Waals surface area contributed by atoms with Crippen LogP contribution in [0.15, 0.2) is 6.07 Å². The number of hydrogen-bond acceptors (Lipinski definition) is 6. The van der Waals surface area contributed by atoms with E-state index in [1.807, 2.05) is 13.0 Å². The molecule has 16 heavy (non-hydrogen) atoms. The lowest BCUT2D eigenvalue weighted by Crippen LogP contribution is -2.22. The summed E-state index contributed by atoms with van der Waals surface area (Å²) in [5.74, 6) is 6.77. The van der Waals surface area contributed by atoms with Gasteiger partial charge in [-0.05, 0) is 25.7 Å². The van der Waals surface area contributed by atoms with Crippen molar-refractivity contribution in [3.63, 3.8) is 0 Å². The SMILES string of the molecule is Cc1cc(NCC(O)C2CC2)nc(NN)n1. The Kier molecular flexibility index (Phi) is 3.21. The lowest BCUT2D eigenvalue weighted by atomic mass is 10.2. The monoisotopic (exact) mass is 223 g/mol. The standard InChI is InChI=1S/C10H17N5O/c1-6-4-9(14-10(13-6)15-11)12-5-8(16)7-2-3-7/h4,7-8,16H,2-3,5,11H2,1H3,(H2,12,13,14,15). The Balaban J connectivity index is 1.94. The number of nitrogens with two attached hydrogens (primary N) is 1. The largest absolute Gasteiger partial charge is 0.391 e. The predicted octanol–water partition coefficient (Wildman–Crippen LogP) is 0.253. The fraction of sp³-hybridized carbons (Fsp3) is 0.600. The van der Waals surface area contributed by atoms with Gasteiger partial charge in [0.1, 0.15) is 5.82 Å². The summed E-state index contributed by atoms with van der Waals surface area (Å²) in [5, 5.41) is 12.8. The Labute approximate surface area is 94.3 Å². The van der Waals surface area contributed by atoms with Crippen LogP contribution in [0.25, 0.3) is 0 Å². The molecule has 0 spiro atoms. The number of aliphatic hydroxyl groups excluding tert-OH is 1. The van der Waals surface area contributed by atoms with Crippen LogP contribution in [-0.2, 0) is 0 Å². The molecule has 2 rings (SSSR count). The fourth-order valence-electron chi connectivity index (χ4n) is 1.58. The van der Waals surface area contributed by atoms with Crippen LogP contribution < -0.4 is 16.6 Å². The van der Waals surface area contributed by atoms with Gasteiger partial charge in [-0.15, -0.1) is 0 Å². The van der Waals surface area contributed by atoms with Crippen LogP contribution in [0, 0.1) is 12.8 Å². The number of hydrogen-bond donors (Lipinski definition) is 4. The normalized spacial score (nSPS) is 16.9. The van der Waals surface area contributed by atoms with Gasteiger partial charge in [0.2, 0.25) is 5.95 Å². The predicted molar refractivity (Wildman–Crippen MR) is 61.8 cm³/mol. The van der Waals surface area contributed by atoms with Crippen molar-refractivity contribution in [3.05, 3.63) is 11.8 Å². The first-order chi connectivity index (χ1) is 7.69. The highest BCUT2D eigenvalue weighted by atomic mass is 16.3. The van der Waals surface area contributed by atoms with Gasteiger partial charge in [0.25, 0.3) is 0 Å². The van der Waals surface area contributed by atoms with Crippen molar-refractivity contribution in [2.45, 2.75) is 25.9 Å². The number of rotatable bonds is 5. The summed E-state index contributed by atoms with van der Waals surface area (Å²) in [7, 11) is 0. The van der Waals surface area contributed by atoms with E-state index in [1.165, 1.54) is 0 Å². The molecule has 0 bridgehead atoms. The van der Waals surface area contributed by atoms with E-state index in [0.717, 1.165) is 18.5 Å². The average molecular weight is 223 g/mol. The maximum atomic E-state index is 9.70. The molecule has 6 nitrogen and oxygen atoms in total. The van der Waals surface area contributed by atoms with Crippen molar-refractivity contribution in [2.24, 2.45) is 11.8 Å². The Morgan fingerprint density at radius 2 is 2.31 bits per heavy atom. The number of aromatic nitrogens is 2. The molecule has 1 saturated carbocycles. The Morgan fingerprint density at radius 3 is 2.94 bits per heavy atom. The number of aryl methyl sites for hydroxylation is 1. The number of nitrogens with one attached hydrogen (secondary N) is 2. The van der Waals surface area contributed by atoms with E-state index in [9.17, 15) is 5.11 Å². The van der Waals surface area contributed by atoms with Crippen molar-refractivity contribution in [1.29, 1.82) is 0 Å². The smallest absolute Gasteiger partial charge is 0.239 e. The topological polar surface area (TPSA) is 96.1 Å². The molecule has 1 aliphatic carbocycles. The summed E-state index contributed by atoms with van der Waals surface area (Å²) in [6.07, 6.45) is 1.97. The molecule has 0 aliphatic heterocycles. The van der Waals surface area contributed by atoms with Gasteiger partial charge < -0.3 is 10.4 Å². The van der Waals surface area contributed by atoms with Crippen LogP contribution in [-0.4, -0.2) is 27.7 Å². The molecule has 1 aromatic heterocycles. The zero-order valence-corrected chi connectivity index (χ0v) is 9.27. The minimum absolute atomic E-state index is 0.287. The quantitative estimate of drug-likeness (QED) is 0.422. The van der Waals surface area contributed by atoms with Crippen LogP contribution in [0.4, 0.5) is 11.8 Å². The molecule has 1 aromatic rings. The molecule has 6 heteroatoms. The summed E-state index contributed by atoms with van der Waals surface area (Å²) < 4.78 is 0. The Hall–Kier alpha value is -1.40. The number of hydrazine groups is 1. The second-order valence-corrected chi connectivity index (χ2v) is 4.15. The molecule has 1 aliphatic rings. The van der Waals surface area contributed by atoms with Crippen LogP contribution >= 0.6 is 0 Å². The molecular formula is C10H17N5O. The van der Waals surface area contributed by atoms with Crippen LogP contribution in [0.2, 0.25) is 0 Å². The van der Waals surface area contributed by atoms with E-state index in [-0.39, 0.29) is 6.10 Å². The number of nitrogens with zero attached hydrogens (tertiary/aromatic N) is 2. The van der Waals surface area contributed by atoms with Gasteiger partial charge in [0.05, 0.1) is 6.10 Å². The van der Waals surface area contributed by atoms with Crippen LogP contribution in [0.5, 0.6) is 0 Å². The third-order valence-corrected chi connectivity index (χ3v) is 2.64. The molecule has 0 amide bonds. The summed E-state index contributed by atoms with van der Waals surface area (Å²) in [4.78, 5) is 8.21. The summed E-state index contributed by atoms with van der Waals surface area (Å²) in [6.45, 7) is 2.39. The summed E-state index contributed by atoms with van der Waals surface area (Å²) >= 11 is 0. The maximum absolute atomic E-state index is 9.70. The van der Waals surface area contributed by atoms with E-state index in [4.69, 9.17) is 5.84 Å². The van der Waals surface area contributed by atoms with E-state index in [2.05, 4.69) is 20.7 Å². The van der Waals surface area contributed by atoms with Crippen molar-refractivity contribution in [1.82, 2.24) is 9.97 Å². The molecule has 0 aromatic carbocycles. The molecular weight excluding hydrogens is 206 g/mol. The van der Waals surface area contributed by atoms with E-state index in [1.54, 1.807) is 0 Å². The first-order valence-electron chi connectivity index (χ1n) is 5.43. The van der Waals surface area contributed by atoms with Gasteiger partial charge in [-0.25, -0.2) is 10.8 Å². The molecule has 1 fully saturated rings. The molecule has 1 unspecified atom stereocenters. The summed E-state index contributed by atoms with van der Waals surface area (Å²) in [5.41, 5.74) is 3.23. The first kappa shape index (κ1) is 11.1. The van der Waals surface area contributed by atoms with Crippen molar-refractivity contribution in [3.8, 4) is 0 Å². The van der Waals surface area contributed by atoms with Gasteiger partial charge in [-0.3, -0.25) is 5.43 Å². The number of nitrogen functional groups attached to an aromatic ring is 1.